The zero-order valence-electron chi connectivity index (χ0n) is 7.32. The number of nitrogens with zero attached hydrogens (tertiary/aromatic N) is 1. The normalized spacial score (nSPS) is 27.8. The summed E-state index contributed by atoms with van der Waals surface area (Å²) in [6.07, 6.45) is 6.58. The van der Waals surface area contributed by atoms with E-state index in [4.69, 9.17) is 4.74 Å². The SMILES string of the molecule is BrCC1CCC(c2cccnc2)O1. The lowest BCUT2D eigenvalue weighted by atomic mass is 10.1. The van der Waals surface area contributed by atoms with E-state index >= 15 is 0 Å². The van der Waals surface area contributed by atoms with E-state index in [0.29, 0.717) is 6.10 Å². The average Bonchev–Trinajstić information content (AvgIpc) is 2.67. The molecule has 2 rings (SSSR count). The van der Waals surface area contributed by atoms with E-state index in [1.165, 1.54) is 5.56 Å². The van der Waals surface area contributed by atoms with Crippen molar-refractivity contribution >= 4 is 15.9 Å². The number of halogens is 1. The van der Waals surface area contributed by atoms with Gasteiger partial charge in [0.1, 0.15) is 0 Å². The lowest BCUT2D eigenvalue weighted by molar-refractivity contribution is 0.0586. The van der Waals surface area contributed by atoms with Gasteiger partial charge in [-0.05, 0) is 24.5 Å². The minimum absolute atomic E-state index is 0.260. The van der Waals surface area contributed by atoms with E-state index in [1.54, 1.807) is 6.20 Å². The van der Waals surface area contributed by atoms with Gasteiger partial charge in [0, 0.05) is 17.7 Å². The summed E-state index contributed by atoms with van der Waals surface area (Å²) in [7, 11) is 0. The van der Waals surface area contributed by atoms with Crippen LogP contribution < -0.4 is 0 Å². The Bertz CT molecular complexity index is 265. The fourth-order valence-corrected chi connectivity index (χ4v) is 2.11. The Morgan fingerprint density at radius 2 is 2.46 bits per heavy atom. The monoisotopic (exact) mass is 241 g/mol. The molecule has 0 spiro atoms. The van der Waals surface area contributed by atoms with Crippen LogP contribution in [0.1, 0.15) is 24.5 Å². The van der Waals surface area contributed by atoms with Crippen LogP contribution in [0, 0.1) is 0 Å². The van der Waals surface area contributed by atoms with Crippen LogP contribution in [-0.4, -0.2) is 16.4 Å². The van der Waals surface area contributed by atoms with Gasteiger partial charge in [-0.2, -0.15) is 0 Å². The number of hydrogen-bond acceptors (Lipinski definition) is 2. The molecule has 2 heterocycles. The first-order valence-electron chi connectivity index (χ1n) is 4.51. The van der Waals surface area contributed by atoms with Gasteiger partial charge < -0.3 is 4.74 Å². The van der Waals surface area contributed by atoms with Gasteiger partial charge in [0.05, 0.1) is 12.2 Å². The zero-order valence-corrected chi connectivity index (χ0v) is 8.90. The predicted molar refractivity (Wildman–Crippen MR) is 54.9 cm³/mol. The number of ether oxygens (including phenoxy) is 1. The van der Waals surface area contributed by atoms with Crippen molar-refractivity contribution in [2.45, 2.75) is 25.0 Å². The first-order chi connectivity index (χ1) is 6.40. The van der Waals surface area contributed by atoms with Crippen LogP contribution in [0.25, 0.3) is 0 Å². The summed E-state index contributed by atoms with van der Waals surface area (Å²) in [6, 6.07) is 4.04. The van der Waals surface area contributed by atoms with E-state index in [1.807, 2.05) is 12.3 Å². The lowest BCUT2D eigenvalue weighted by Gasteiger charge is -2.11. The van der Waals surface area contributed by atoms with Crippen molar-refractivity contribution in [3.05, 3.63) is 30.1 Å². The third-order valence-electron chi connectivity index (χ3n) is 2.34. The van der Waals surface area contributed by atoms with E-state index in [-0.39, 0.29) is 6.10 Å². The maximum absolute atomic E-state index is 5.81. The van der Waals surface area contributed by atoms with Gasteiger partial charge in [0.25, 0.3) is 0 Å². The number of alkyl halides is 1. The van der Waals surface area contributed by atoms with Gasteiger partial charge in [-0.3, -0.25) is 4.98 Å². The molecule has 0 N–H and O–H groups in total. The molecule has 0 saturated carbocycles. The van der Waals surface area contributed by atoms with E-state index < -0.39 is 0 Å². The van der Waals surface area contributed by atoms with Crippen LogP contribution in [0.2, 0.25) is 0 Å². The molecule has 0 radical (unpaired) electrons. The Morgan fingerprint density at radius 1 is 1.54 bits per heavy atom. The Labute approximate surface area is 86.5 Å². The van der Waals surface area contributed by atoms with Crippen LogP contribution in [0.15, 0.2) is 24.5 Å². The Kier molecular flexibility index (Phi) is 2.96. The van der Waals surface area contributed by atoms with Crippen LogP contribution in [0.4, 0.5) is 0 Å². The van der Waals surface area contributed by atoms with Crippen molar-refractivity contribution in [2.75, 3.05) is 5.33 Å². The second-order valence-electron chi connectivity index (χ2n) is 3.26. The van der Waals surface area contributed by atoms with E-state index in [9.17, 15) is 0 Å². The summed E-state index contributed by atoms with van der Waals surface area (Å²) in [6.45, 7) is 0. The maximum Gasteiger partial charge on any atom is 0.0844 e. The Balaban J connectivity index is 2.04. The molecule has 0 amide bonds. The molecule has 70 valence electrons. The lowest BCUT2D eigenvalue weighted by Crippen LogP contribution is -2.07. The fourth-order valence-electron chi connectivity index (χ4n) is 1.63. The quantitative estimate of drug-likeness (QED) is 0.744. The fraction of sp³-hybridized carbons (Fsp3) is 0.500. The van der Waals surface area contributed by atoms with Gasteiger partial charge in [-0.1, -0.05) is 22.0 Å². The molecule has 2 nitrogen and oxygen atoms in total. The van der Waals surface area contributed by atoms with Gasteiger partial charge in [-0.15, -0.1) is 0 Å². The molecule has 3 heteroatoms. The Morgan fingerprint density at radius 3 is 3.08 bits per heavy atom. The topological polar surface area (TPSA) is 22.1 Å². The largest absolute Gasteiger partial charge is 0.369 e. The highest BCUT2D eigenvalue weighted by Crippen LogP contribution is 2.32. The molecular formula is C10H12BrNO. The van der Waals surface area contributed by atoms with Crippen molar-refractivity contribution < 1.29 is 4.74 Å². The summed E-state index contributed by atoms with van der Waals surface area (Å²) >= 11 is 3.44. The van der Waals surface area contributed by atoms with Crippen molar-refractivity contribution in [3.8, 4) is 0 Å². The summed E-state index contributed by atoms with van der Waals surface area (Å²) in [5, 5.41) is 0.934. The second-order valence-corrected chi connectivity index (χ2v) is 3.91. The third-order valence-corrected chi connectivity index (χ3v) is 3.06. The maximum atomic E-state index is 5.81. The molecule has 1 aliphatic rings. The molecule has 1 saturated heterocycles. The molecule has 1 aromatic rings. The van der Waals surface area contributed by atoms with Gasteiger partial charge in [-0.25, -0.2) is 0 Å². The summed E-state index contributed by atoms with van der Waals surface area (Å²) < 4.78 is 5.81. The number of pyridine rings is 1. The highest BCUT2D eigenvalue weighted by atomic mass is 79.9. The second kappa shape index (κ2) is 4.20. The smallest absolute Gasteiger partial charge is 0.0844 e. The minimum atomic E-state index is 0.260. The van der Waals surface area contributed by atoms with Crippen LogP contribution in [0.5, 0.6) is 0 Å². The predicted octanol–water partition coefficient (Wildman–Crippen LogP) is 2.70. The molecule has 13 heavy (non-hydrogen) atoms. The van der Waals surface area contributed by atoms with Crippen molar-refractivity contribution in [3.63, 3.8) is 0 Å². The summed E-state index contributed by atoms with van der Waals surface area (Å²) in [5.74, 6) is 0. The highest BCUT2D eigenvalue weighted by molar-refractivity contribution is 9.09. The molecule has 0 aliphatic carbocycles. The van der Waals surface area contributed by atoms with E-state index in [2.05, 4.69) is 27.0 Å². The van der Waals surface area contributed by atoms with Gasteiger partial charge >= 0.3 is 0 Å². The van der Waals surface area contributed by atoms with Crippen molar-refractivity contribution in [1.82, 2.24) is 4.98 Å². The molecule has 1 fully saturated rings. The van der Waals surface area contributed by atoms with Crippen LogP contribution in [0.3, 0.4) is 0 Å². The Hall–Kier alpha value is -0.410. The van der Waals surface area contributed by atoms with Gasteiger partial charge in [0.2, 0.25) is 0 Å². The molecular weight excluding hydrogens is 230 g/mol. The van der Waals surface area contributed by atoms with Crippen LogP contribution in [-0.2, 0) is 4.74 Å². The van der Waals surface area contributed by atoms with Gasteiger partial charge in [0.15, 0.2) is 0 Å². The minimum Gasteiger partial charge on any atom is -0.369 e. The number of rotatable bonds is 2. The number of hydrogen-bond donors (Lipinski definition) is 0. The molecule has 2 unspecified atom stereocenters. The highest BCUT2D eigenvalue weighted by Gasteiger charge is 2.25. The third kappa shape index (κ3) is 2.09. The molecule has 0 aromatic carbocycles. The van der Waals surface area contributed by atoms with Crippen LogP contribution >= 0.6 is 15.9 Å². The van der Waals surface area contributed by atoms with Crippen molar-refractivity contribution in [1.29, 1.82) is 0 Å². The van der Waals surface area contributed by atoms with E-state index in [0.717, 1.165) is 18.2 Å². The molecule has 1 aromatic heterocycles. The number of aromatic nitrogens is 1. The molecule has 2 atom stereocenters. The molecule has 1 aliphatic heterocycles. The van der Waals surface area contributed by atoms with Crippen molar-refractivity contribution in [2.24, 2.45) is 0 Å². The standard InChI is InChI=1S/C10H12BrNO/c11-6-9-3-4-10(13-9)8-2-1-5-12-7-8/h1-2,5,7,9-10H,3-4,6H2. The summed E-state index contributed by atoms with van der Waals surface area (Å²) in [5.41, 5.74) is 1.20. The molecule has 0 bridgehead atoms. The first-order valence-corrected chi connectivity index (χ1v) is 5.63. The zero-order chi connectivity index (χ0) is 9.10. The summed E-state index contributed by atoms with van der Waals surface area (Å²) in [4.78, 5) is 4.09. The average molecular weight is 242 g/mol. The first kappa shape index (κ1) is 9.16.